The molecule has 0 saturated carbocycles. The highest BCUT2D eigenvalue weighted by Gasteiger charge is 2.13. The maximum Gasteiger partial charge on any atom is 0.261 e. The van der Waals surface area contributed by atoms with Gasteiger partial charge in [-0.25, -0.2) is 4.98 Å². The number of fused-ring (bicyclic) bond motifs is 1. The lowest BCUT2D eigenvalue weighted by Crippen LogP contribution is -2.28. The predicted octanol–water partition coefficient (Wildman–Crippen LogP) is 3.56. The molecule has 0 saturated heterocycles. The molecule has 1 atom stereocenters. The summed E-state index contributed by atoms with van der Waals surface area (Å²) >= 11 is 7.23. The third kappa shape index (κ3) is 4.08. The first kappa shape index (κ1) is 18.5. The van der Waals surface area contributed by atoms with E-state index in [2.05, 4.69) is 10.3 Å². The zero-order valence-electron chi connectivity index (χ0n) is 14.4. The van der Waals surface area contributed by atoms with E-state index in [0.29, 0.717) is 21.1 Å². The van der Waals surface area contributed by atoms with E-state index < -0.39 is 0 Å². The first-order valence-electron chi connectivity index (χ1n) is 8.09. The van der Waals surface area contributed by atoms with Crippen molar-refractivity contribution < 1.29 is 4.79 Å². The molecule has 1 aromatic heterocycles. The number of thioether (sulfide) groups is 1. The van der Waals surface area contributed by atoms with Crippen LogP contribution in [0.1, 0.15) is 18.5 Å². The van der Waals surface area contributed by atoms with E-state index in [4.69, 9.17) is 11.6 Å². The van der Waals surface area contributed by atoms with Crippen LogP contribution in [0, 0.1) is 0 Å². The maximum absolute atomic E-state index is 12.4. The van der Waals surface area contributed by atoms with Gasteiger partial charge in [0.15, 0.2) is 5.16 Å². The number of carbonyl (C=O) groups excluding carboxylic acids is 1. The number of para-hydroxylation sites is 1. The molecule has 134 valence electrons. The van der Waals surface area contributed by atoms with Crippen molar-refractivity contribution in [2.45, 2.75) is 18.1 Å². The van der Waals surface area contributed by atoms with Crippen molar-refractivity contribution in [3.8, 4) is 0 Å². The zero-order valence-corrected chi connectivity index (χ0v) is 16.0. The molecule has 0 spiro atoms. The van der Waals surface area contributed by atoms with E-state index >= 15 is 0 Å². The normalized spacial score (nSPS) is 12.1. The maximum atomic E-state index is 12.4. The molecule has 0 radical (unpaired) electrons. The molecule has 26 heavy (non-hydrogen) atoms. The number of amides is 1. The molecule has 3 rings (SSSR count). The molecule has 5 nitrogen and oxygen atoms in total. The van der Waals surface area contributed by atoms with Crippen LogP contribution in [0.25, 0.3) is 10.9 Å². The Balaban J connectivity index is 1.69. The number of carbonyl (C=O) groups is 1. The molecule has 1 heterocycles. The lowest BCUT2D eigenvalue weighted by molar-refractivity contribution is -0.119. The minimum atomic E-state index is -0.157. The molecule has 0 aliphatic carbocycles. The third-order valence-corrected chi connectivity index (χ3v) is 5.27. The van der Waals surface area contributed by atoms with E-state index in [1.54, 1.807) is 25.2 Å². The van der Waals surface area contributed by atoms with Gasteiger partial charge in [0.25, 0.3) is 5.56 Å². The number of nitrogens with one attached hydrogen (secondary N) is 1. The zero-order chi connectivity index (χ0) is 18.7. The molecular weight excluding hydrogens is 370 g/mol. The molecule has 0 fully saturated rings. The van der Waals surface area contributed by atoms with Crippen molar-refractivity contribution in [2.24, 2.45) is 7.05 Å². The van der Waals surface area contributed by atoms with Crippen LogP contribution in [0.15, 0.2) is 58.5 Å². The topological polar surface area (TPSA) is 64.0 Å². The monoisotopic (exact) mass is 387 g/mol. The van der Waals surface area contributed by atoms with Gasteiger partial charge in [-0.3, -0.25) is 14.2 Å². The lowest BCUT2D eigenvalue weighted by atomic mass is 10.1. The van der Waals surface area contributed by atoms with Crippen LogP contribution in [-0.2, 0) is 11.8 Å². The number of nitrogens with zero attached hydrogens (tertiary/aromatic N) is 2. The van der Waals surface area contributed by atoms with E-state index in [1.807, 2.05) is 37.3 Å². The summed E-state index contributed by atoms with van der Waals surface area (Å²) in [4.78, 5) is 29.1. The minimum absolute atomic E-state index is 0.120. The fourth-order valence-corrected chi connectivity index (χ4v) is 3.58. The highest BCUT2D eigenvalue weighted by atomic mass is 35.5. The second-order valence-corrected chi connectivity index (χ2v) is 7.29. The van der Waals surface area contributed by atoms with Gasteiger partial charge in [0.1, 0.15) is 0 Å². The van der Waals surface area contributed by atoms with E-state index in [-0.39, 0.29) is 23.3 Å². The Morgan fingerprint density at radius 1 is 1.27 bits per heavy atom. The van der Waals surface area contributed by atoms with Crippen molar-refractivity contribution in [3.05, 3.63) is 69.5 Å². The lowest BCUT2D eigenvalue weighted by Gasteiger charge is -2.15. The van der Waals surface area contributed by atoms with Crippen LogP contribution in [-0.4, -0.2) is 21.2 Å². The Morgan fingerprint density at radius 2 is 2.04 bits per heavy atom. The summed E-state index contributed by atoms with van der Waals surface area (Å²) < 4.78 is 1.47. The highest BCUT2D eigenvalue weighted by molar-refractivity contribution is 7.99. The average Bonchev–Trinajstić information content (AvgIpc) is 2.63. The number of halogens is 1. The Kier molecular flexibility index (Phi) is 5.64. The molecular formula is C19H18ClN3O2S. The Hall–Kier alpha value is -2.31. The van der Waals surface area contributed by atoms with E-state index in [1.165, 1.54) is 16.3 Å². The number of hydrogen-bond donors (Lipinski definition) is 1. The summed E-state index contributed by atoms with van der Waals surface area (Å²) in [5.74, 6) is 0.0358. The van der Waals surface area contributed by atoms with Crippen molar-refractivity contribution in [2.75, 3.05) is 5.75 Å². The molecule has 0 bridgehead atoms. The van der Waals surface area contributed by atoms with Crippen LogP contribution in [0.3, 0.4) is 0 Å². The molecule has 3 aromatic rings. The largest absolute Gasteiger partial charge is 0.349 e. The number of rotatable bonds is 5. The fourth-order valence-electron chi connectivity index (χ4n) is 2.60. The minimum Gasteiger partial charge on any atom is -0.349 e. The summed E-state index contributed by atoms with van der Waals surface area (Å²) in [6, 6.07) is 14.4. The van der Waals surface area contributed by atoms with Crippen LogP contribution < -0.4 is 10.9 Å². The van der Waals surface area contributed by atoms with Crippen LogP contribution in [0.5, 0.6) is 0 Å². The second kappa shape index (κ2) is 7.93. The van der Waals surface area contributed by atoms with Crippen molar-refractivity contribution in [1.82, 2.24) is 14.9 Å². The third-order valence-electron chi connectivity index (χ3n) is 4.00. The molecule has 1 N–H and O–H groups in total. The predicted molar refractivity (Wildman–Crippen MR) is 106 cm³/mol. The van der Waals surface area contributed by atoms with Gasteiger partial charge >= 0.3 is 0 Å². The standard InChI is InChI=1S/C19H18ClN3O2S/c1-12(13-6-5-7-14(20)10-13)21-17(24)11-26-19-22-16-9-4-3-8-15(16)18(25)23(19)2/h3-10,12H,11H2,1-2H3,(H,21,24)/t12-/m0/s1. The second-order valence-electron chi connectivity index (χ2n) is 5.91. The molecule has 2 aromatic carbocycles. The highest BCUT2D eigenvalue weighted by Crippen LogP contribution is 2.19. The quantitative estimate of drug-likeness (QED) is 0.537. The van der Waals surface area contributed by atoms with E-state index in [0.717, 1.165) is 5.56 Å². The van der Waals surface area contributed by atoms with Crippen LogP contribution >= 0.6 is 23.4 Å². The van der Waals surface area contributed by atoms with Crippen molar-refractivity contribution >= 4 is 40.2 Å². The first-order chi connectivity index (χ1) is 12.5. The van der Waals surface area contributed by atoms with Gasteiger partial charge in [0.2, 0.25) is 5.91 Å². The Bertz CT molecular complexity index is 1020. The van der Waals surface area contributed by atoms with E-state index in [9.17, 15) is 9.59 Å². The molecule has 1 amide bonds. The number of benzene rings is 2. The van der Waals surface area contributed by atoms with Gasteiger partial charge in [-0.2, -0.15) is 0 Å². The summed E-state index contributed by atoms with van der Waals surface area (Å²) in [6.07, 6.45) is 0. The Morgan fingerprint density at radius 3 is 2.81 bits per heavy atom. The number of aromatic nitrogens is 2. The van der Waals surface area contributed by atoms with Crippen molar-refractivity contribution in [1.29, 1.82) is 0 Å². The van der Waals surface area contributed by atoms with Gasteiger partial charge in [0.05, 0.1) is 22.7 Å². The smallest absolute Gasteiger partial charge is 0.261 e. The molecule has 0 aliphatic rings. The van der Waals surface area contributed by atoms with Gasteiger partial charge < -0.3 is 5.32 Å². The van der Waals surface area contributed by atoms with Crippen molar-refractivity contribution in [3.63, 3.8) is 0 Å². The van der Waals surface area contributed by atoms with Gasteiger partial charge in [-0.15, -0.1) is 0 Å². The first-order valence-corrected chi connectivity index (χ1v) is 9.45. The van der Waals surface area contributed by atoms with Gasteiger partial charge in [-0.1, -0.05) is 47.6 Å². The fraction of sp³-hybridized carbons (Fsp3) is 0.211. The molecule has 0 aliphatic heterocycles. The summed E-state index contributed by atoms with van der Waals surface area (Å²) in [7, 11) is 1.66. The summed E-state index contributed by atoms with van der Waals surface area (Å²) in [5.41, 5.74) is 1.45. The van der Waals surface area contributed by atoms with Crippen LogP contribution in [0.2, 0.25) is 5.02 Å². The number of hydrogen-bond acceptors (Lipinski definition) is 4. The Labute approximate surface area is 160 Å². The SMILES string of the molecule is C[C@H](NC(=O)CSc1nc2ccccc2c(=O)n1C)c1cccc(Cl)c1. The van der Waals surface area contributed by atoms with Gasteiger partial charge in [0, 0.05) is 12.1 Å². The average molecular weight is 388 g/mol. The van der Waals surface area contributed by atoms with Crippen LogP contribution in [0.4, 0.5) is 0 Å². The molecule has 0 unspecified atom stereocenters. The summed E-state index contributed by atoms with van der Waals surface area (Å²) in [5, 5.41) is 4.65. The molecule has 7 heteroatoms. The van der Waals surface area contributed by atoms with Gasteiger partial charge in [-0.05, 0) is 36.8 Å². The summed E-state index contributed by atoms with van der Waals surface area (Å²) in [6.45, 7) is 1.90.